The van der Waals surface area contributed by atoms with Gasteiger partial charge in [-0.1, -0.05) is 17.7 Å². The number of nitrogens with zero attached hydrogens (tertiary/aromatic N) is 2. The minimum atomic E-state index is -0.156. The molecule has 0 unspecified atom stereocenters. The molecule has 0 saturated carbocycles. The Bertz CT molecular complexity index is 793. The van der Waals surface area contributed by atoms with Gasteiger partial charge in [0.05, 0.1) is 11.1 Å². The fourth-order valence-electron chi connectivity index (χ4n) is 2.28. The summed E-state index contributed by atoms with van der Waals surface area (Å²) in [7, 11) is 0. The Balaban J connectivity index is 2.08. The molecule has 0 bridgehead atoms. The summed E-state index contributed by atoms with van der Waals surface area (Å²) < 4.78 is 2.05. The van der Waals surface area contributed by atoms with Crippen molar-refractivity contribution < 1.29 is 4.79 Å². The van der Waals surface area contributed by atoms with E-state index in [1.165, 1.54) is 11.3 Å². The average Bonchev–Trinajstić information content (AvgIpc) is 3.05. The Kier molecular flexibility index (Phi) is 3.69. The zero-order valence-electron chi connectivity index (χ0n) is 11.6. The molecular weight excluding hydrogens is 306 g/mol. The Morgan fingerprint density at radius 3 is 2.90 bits per heavy atom. The van der Waals surface area contributed by atoms with Gasteiger partial charge in [0, 0.05) is 34.2 Å². The highest BCUT2D eigenvalue weighted by molar-refractivity contribution is 7.13. The van der Waals surface area contributed by atoms with E-state index < -0.39 is 0 Å². The predicted molar refractivity (Wildman–Crippen MR) is 87.4 cm³/mol. The van der Waals surface area contributed by atoms with E-state index in [1.807, 2.05) is 23.7 Å². The zero-order valence-corrected chi connectivity index (χ0v) is 13.2. The number of anilines is 1. The first-order valence-electron chi connectivity index (χ1n) is 6.57. The van der Waals surface area contributed by atoms with Crippen LogP contribution >= 0.6 is 22.9 Å². The van der Waals surface area contributed by atoms with Crippen molar-refractivity contribution in [3.8, 4) is 0 Å². The number of aromatic nitrogens is 2. The van der Waals surface area contributed by atoms with Crippen LogP contribution in [0, 0.1) is 0 Å². The van der Waals surface area contributed by atoms with E-state index in [2.05, 4.69) is 28.7 Å². The summed E-state index contributed by atoms with van der Waals surface area (Å²) in [5.41, 5.74) is 1.59. The minimum Gasteiger partial charge on any atom is -0.344 e. The summed E-state index contributed by atoms with van der Waals surface area (Å²) in [6.45, 7) is 4.14. The van der Waals surface area contributed by atoms with Crippen LogP contribution in [0.2, 0.25) is 5.02 Å². The van der Waals surface area contributed by atoms with Crippen LogP contribution in [-0.4, -0.2) is 15.5 Å². The molecule has 1 aromatic carbocycles. The lowest BCUT2D eigenvalue weighted by Crippen LogP contribution is -2.11. The van der Waals surface area contributed by atoms with Gasteiger partial charge in [-0.2, -0.15) is 0 Å². The Morgan fingerprint density at radius 2 is 2.24 bits per heavy atom. The second kappa shape index (κ2) is 5.50. The lowest BCUT2D eigenvalue weighted by molar-refractivity contribution is 0.102. The second-order valence-corrected chi connectivity index (χ2v) is 6.33. The summed E-state index contributed by atoms with van der Waals surface area (Å²) in [6.07, 6.45) is 3.53. The smallest absolute Gasteiger partial charge is 0.259 e. The Hall–Kier alpha value is -1.85. The second-order valence-electron chi connectivity index (χ2n) is 5.00. The first-order valence-corrected chi connectivity index (χ1v) is 7.83. The highest BCUT2D eigenvalue weighted by Crippen LogP contribution is 2.28. The van der Waals surface area contributed by atoms with Gasteiger partial charge in [0.15, 0.2) is 5.13 Å². The molecule has 0 saturated heterocycles. The van der Waals surface area contributed by atoms with Gasteiger partial charge >= 0.3 is 0 Å². The molecule has 108 valence electrons. The fourth-order valence-corrected chi connectivity index (χ4v) is 2.97. The molecule has 0 radical (unpaired) electrons. The number of fused-ring (bicyclic) bond motifs is 1. The largest absolute Gasteiger partial charge is 0.344 e. The molecule has 0 aliphatic rings. The van der Waals surface area contributed by atoms with E-state index >= 15 is 0 Å². The van der Waals surface area contributed by atoms with E-state index in [4.69, 9.17) is 11.6 Å². The number of halogens is 1. The van der Waals surface area contributed by atoms with Gasteiger partial charge in [0.2, 0.25) is 0 Å². The van der Waals surface area contributed by atoms with Crippen molar-refractivity contribution in [2.75, 3.05) is 5.32 Å². The number of carbonyl (C=O) groups is 1. The molecule has 0 spiro atoms. The summed E-state index contributed by atoms with van der Waals surface area (Å²) in [6, 6.07) is 5.81. The van der Waals surface area contributed by atoms with Crippen molar-refractivity contribution in [1.29, 1.82) is 0 Å². The third kappa shape index (κ3) is 2.66. The van der Waals surface area contributed by atoms with Gasteiger partial charge < -0.3 is 4.57 Å². The SMILES string of the molecule is CC(C)n1cc(C(=O)Nc2nccs2)c2ccc(Cl)cc21. The van der Waals surface area contributed by atoms with Crippen molar-refractivity contribution in [1.82, 2.24) is 9.55 Å². The van der Waals surface area contributed by atoms with Gasteiger partial charge in [-0.25, -0.2) is 4.98 Å². The van der Waals surface area contributed by atoms with E-state index in [0.717, 1.165) is 10.9 Å². The monoisotopic (exact) mass is 319 g/mol. The number of hydrogen-bond donors (Lipinski definition) is 1. The number of thiazole rings is 1. The van der Waals surface area contributed by atoms with Crippen LogP contribution in [0.15, 0.2) is 36.0 Å². The van der Waals surface area contributed by atoms with E-state index in [9.17, 15) is 4.79 Å². The number of rotatable bonds is 3. The summed E-state index contributed by atoms with van der Waals surface area (Å²) in [5.74, 6) is -0.156. The molecule has 3 aromatic rings. The van der Waals surface area contributed by atoms with Crippen LogP contribution < -0.4 is 5.32 Å². The fraction of sp³-hybridized carbons (Fsp3) is 0.200. The molecule has 0 fully saturated rings. The molecule has 2 aromatic heterocycles. The van der Waals surface area contributed by atoms with Crippen LogP contribution in [0.4, 0.5) is 5.13 Å². The third-order valence-corrected chi connectivity index (χ3v) is 4.17. The predicted octanol–water partition coefficient (Wildman–Crippen LogP) is 4.58. The summed E-state index contributed by atoms with van der Waals surface area (Å²) in [5, 5.41) is 6.79. The molecule has 0 aliphatic heterocycles. The van der Waals surface area contributed by atoms with Crippen molar-refractivity contribution in [3.05, 3.63) is 46.6 Å². The minimum absolute atomic E-state index is 0.156. The molecule has 21 heavy (non-hydrogen) atoms. The van der Waals surface area contributed by atoms with Crippen molar-refractivity contribution in [2.45, 2.75) is 19.9 Å². The molecule has 1 amide bonds. The topological polar surface area (TPSA) is 46.9 Å². The summed E-state index contributed by atoms with van der Waals surface area (Å²) >= 11 is 7.47. The van der Waals surface area contributed by atoms with Crippen LogP contribution in [0.1, 0.15) is 30.2 Å². The maximum absolute atomic E-state index is 12.5. The van der Waals surface area contributed by atoms with E-state index in [0.29, 0.717) is 15.7 Å². The van der Waals surface area contributed by atoms with Gasteiger partial charge in [0.25, 0.3) is 5.91 Å². The highest BCUT2D eigenvalue weighted by atomic mass is 35.5. The van der Waals surface area contributed by atoms with Crippen LogP contribution in [-0.2, 0) is 0 Å². The van der Waals surface area contributed by atoms with Crippen molar-refractivity contribution in [2.24, 2.45) is 0 Å². The van der Waals surface area contributed by atoms with Crippen LogP contribution in [0.3, 0.4) is 0 Å². The van der Waals surface area contributed by atoms with Gasteiger partial charge in [-0.15, -0.1) is 11.3 Å². The zero-order chi connectivity index (χ0) is 15.0. The number of amides is 1. The van der Waals surface area contributed by atoms with E-state index in [-0.39, 0.29) is 11.9 Å². The molecule has 2 heterocycles. The van der Waals surface area contributed by atoms with Crippen LogP contribution in [0.25, 0.3) is 10.9 Å². The average molecular weight is 320 g/mol. The third-order valence-electron chi connectivity index (χ3n) is 3.25. The number of hydrogen-bond acceptors (Lipinski definition) is 3. The van der Waals surface area contributed by atoms with Crippen molar-refractivity contribution >= 4 is 44.9 Å². The maximum Gasteiger partial charge on any atom is 0.259 e. The lowest BCUT2D eigenvalue weighted by Gasteiger charge is -2.08. The molecule has 0 atom stereocenters. The van der Waals surface area contributed by atoms with Crippen LogP contribution in [0.5, 0.6) is 0 Å². The highest BCUT2D eigenvalue weighted by Gasteiger charge is 2.17. The number of carbonyl (C=O) groups excluding carboxylic acids is 1. The number of nitrogens with one attached hydrogen (secondary N) is 1. The molecule has 3 rings (SSSR count). The van der Waals surface area contributed by atoms with E-state index in [1.54, 1.807) is 12.3 Å². The standard InChI is InChI=1S/C15H14ClN3OS/c1-9(2)19-8-12(11-4-3-10(16)7-13(11)19)14(20)18-15-17-5-6-21-15/h3-9H,1-2H3,(H,17,18,20). The van der Waals surface area contributed by atoms with Gasteiger partial charge in [-0.05, 0) is 26.0 Å². The number of benzene rings is 1. The molecule has 1 N–H and O–H groups in total. The van der Waals surface area contributed by atoms with Gasteiger partial charge in [0.1, 0.15) is 0 Å². The maximum atomic E-state index is 12.5. The summed E-state index contributed by atoms with van der Waals surface area (Å²) in [4.78, 5) is 16.5. The first kappa shape index (κ1) is 14.1. The van der Waals surface area contributed by atoms with Gasteiger partial charge in [-0.3, -0.25) is 10.1 Å². The molecule has 0 aliphatic carbocycles. The Morgan fingerprint density at radius 1 is 1.43 bits per heavy atom. The molecule has 6 heteroatoms. The van der Waals surface area contributed by atoms with Crippen molar-refractivity contribution in [3.63, 3.8) is 0 Å². The normalized spacial score (nSPS) is 11.2. The quantitative estimate of drug-likeness (QED) is 0.767. The lowest BCUT2D eigenvalue weighted by atomic mass is 10.1. The first-order chi connectivity index (χ1) is 10.1. The molecular formula is C15H14ClN3OS. The Labute approximate surface area is 131 Å². The molecule has 4 nitrogen and oxygen atoms in total.